The molecule has 2 heterocycles. The Balaban J connectivity index is 0.00000300. The van der Waals surface area contributed by atoms with Gasteiger partial charge in [0.25, 0.3) is 0 Å². The summed E-state index contributed by atoms with van der Waals surface area (Å²) in [5.74, 6) is 1.31. The molecule has 1 fully saturated rings. The first-order chi connectivity index (χ1) is 13.7. The van der Waals surface area contributed by atoms with Gasteiger partial charge >= 0.3 is 0 Å². The molecule has 2 N–H and O–H groups in total. The second kappa shape index (κ2) is 12.5. The Morgan fingerprint density at radius 1 is 1.10 bits per heavy atom. The van der Waals surface area contributed by atoms with E-state index in [1.54, 1.807) is 11.3 Å². The predicted molar refractivity (Wildman–Crippen MR) is 134 cm³/mol. The van der Waals surface area contributed by atoms with Gasteiger partial charge in [-0.05, 0) is 40.8 Å². The molecule has 0 amide bonds. The summed E-state index contributed by atoms with van der Waals surface area (Å²) in [4.78, 5) is 6.92. The average Bonchev–Trinajstić information content (AvgIpc) is 3.27. The minimum Gasteiger partial charge on any atom is -0.379 e. The number of rotatable bonds is 7. The van der Waals surface area contributed by atoms with E-state index in [0.717, 1.165) is 45.4 Å². The lowest BCUT2D eigenvalue weighted by Gasteiger charge is -2.35. The molecule has 0 spiro atoms. The molecular formula is C22H33IN4OS. The highest BCUT2D eigenvalue weighted by Crippen LogP contribution is 2.22. The maximum Gasteiger partial charge on any atom is 0.191 e. The summed E-state index contributed by atoms with van der Waals surface area (Å²) in [7, 11) is 1.83. The number of aliphatic imine (C=N–C) groups is 1. The van der Waals surface area contributed by atoms with Crippen molar-refractivity contribution in [1.29, 1.82) is 0 Å². The summed E-state index contributed by atoms with van der Waals surface area (Å²) >= 11 is 1.75. The van der Waals surface area contributed by atoms with Crippen LogP contribution in [0.15, 0.2) is 46.1 Å². The van der Waals surface area contributed by atoms with Crippen LogP contribution < -0.4 is 10.6 Å². The van der Waals surface area contributed by atoms with Gasteiger partial charge < -0.3 is 15.4 Å². The summed E-state index contributed by atoms with van der Waals surface area (Å²) in [6.07, 6.45) is 0. The number of morpholine rings is 1. The van der Waals surface area contributed by atoms with Crippen molar-refractivity contribution in [2.75, 3.05) is 46.4 Å². The van der Waals surface area contributed by atoms with Crippen molar-refractivity contribution >= 4 is 41.3 Å². The minimum absolute atomic E-state index is 0. The monoisotopic (exact) mass is 528 g/mol. The summed E-state index contributed by atoms with van der Waals surface area (Å²) in [6, 6.07) is 11.4. The van der Waals surface area contributed by atoms with Crippen LogP contribution in [0, 0.1) is 6.92 Å². The second-order valence-corrected chi connectivity index (χ2v) is 8.15. The van der Waals surface area contributed by atoms with Crippen molar-refractivity contribution in [3.05, 3.63) is 57.8 Å². The number of ether oxygens (including phenoxy) is 1. The highest BCUT2D eigenvalue weighted by Gasteiger charge is 2.23. The number of thiophene rings is 1. The molecule has 3 rings (SSSR count). The Labute approximate surface area is 196 Å². The smallest absolute Gasteiger partial charge is 0.191 e. The lowest BCUT2D eigenvalue weighted by Crippen LogP contribution is -2.46. The van der Waals surface area contributed by atoms with E-state index >= 15 is 0 Å². The number of nitrogens with one attached hydrogen (secondary N) is 2. The largest absolute Gasteiger partial charge is 0.379 e. The lowest BCUT2D eigenvalue weighted by molar-refractivity contribution is 0.0170. The Bertz CT molecular complexity index is 730. The second-order valence-electron chi connectivity index (χ2n) is 7.37. The number of halogens is 1. The Hall–Kier alpha value is -1.16. The van der Waals surface area contributed by atoms with Crippen molar-refractivity contribution in [1.82, 2.24) is 15.5 Å². The van der Waals surface area contributed by atoms with Crippen LogP contribution >= 0.6 is 35.3 Å². The standard InChI is InChI=1S/C22H32N4OS.HI/c1-17-4-6-19(7-5-17)21(26-9-11-27-12-10-26)15-25-22(23-3)24-14-18(2)20-8-13-28-16-20;/h4-8,13,16,18,21H,9-12,14-15H2,1-3H3,(H2,23,24,25);1H. The summed E-state index contributed by atoms with van der Waals surface area (Å²) < 4.78 is 5.55. The molecule has 5 nitrogen and oxygen atoms in total. The zero-order chi connectivity index (χ0) is 19.8. The number of guanidine groups is 1. The van der Waals surface area contributed by atoms with E-state index in [1.165, 1.54) is 16.7 Å². The molecule has 1 saturated heterocycles. The van der Waals surface area contributed by atoms with Gasteiger partial charge in [0.15, 0.2) is 5.96 Å². The van der Waals surface area contributed by atoms with Gasteiger partial charge in [-0.1, -0.05) is 36.8 Å². The van der Waals surface area contributed by atoms with Crippen molar-refractivity contribution < 1.29 is 4.74 Å². The van der Waals surface area contributed by atoms with Crippen LogP contribution in [0.2, 0.25) is 0 Å². The van der Waals surface area contributed by atoms with Gasteiger partial charge in [-0.2, -0.15) is 11.3 Å². The fourth-order valence-electron chi connectivity index (χ4n) is 3.47. The topological polar surface area (TPSA) is 48.9 Å². The van der Waals surface area contributed by atoms with Crippen molar-refractivity contribution in [2.24, 2.45) is 4.99 Å². The summed E-state index contributed by atoms with van der Waals surface area (Å²) in [6.45, 7) is 9.57. The molecule has 29 heavy (non-hydrogen) atoms. The van der Waals surface area contributed by atoms with Gasteiger partial charge in [-0.3, -0.25) is 9.89 Å². The van der Waals surface area contributed by atoms with E-state index in [-0.39, 0.29) is 24.0 Å². The van der Waals surface area contributed by atoms with E-state index in [4.69, 9.17) is 4.74 Å². The van der Waals surface area contributed by atoms with Crippen LogP contribution in [-0.2, 0) is 4.74 Å². The highest BCUT2D eigenvalue weighted by molar-refractivity contribution is 14.0. The molecule has 2 unspecified atom stereocenters. The van der Waals surface area contributed by atoms with Gasteiger partial charge in [0.1, 0.15) is 0 Å². The molecule has 7 heteroatoms. The fourth-order valence-corrected chi connectivity index (χ4v) is 4.25. The molecule has 0 aliphatic carbocycles. The number of hydrogen-bond acceptors (Lipinski definition) is 4. The van der Waals surface area contributed by atoms with E-state index in [2.05, 4.69) is 75.5 Å². The normalized spacial score (nSPS) is 17.3. The number of nitrogens with zero attached hydrogens (tertiary/aromatic N) is 2. The fraction of sp³-hybridized carbons (Fsp3) is 0.500. The third kappa shape index (κ3) is 7.24. The van der Waals surface area contributed by atoms with E-state index in [1.807, 2.05) is 7.05 Å². The molecule has 1 aliphatic rings. The molecule has 1 aromatic carbocycles. The van der Waals surface area contributed by atoms with E-state index in [9.17, 15) is 0 Å². The number of hydrogen-bond donors (Lipinski definition) is 2. The van der Waals surface area contributed by atoms with E-state index < -0.39 is 0 Å². The van der Waals surface area contributed by atoms with Crippen molar-refractivity contribution in [2.45, 2.75) is 25.8 Å². The minimum atomic E-state index is 0. The molecule has 160 valence electrons. The highest BCUT2D eigenvalue weighted by atomic mass is 127. The molecule has 0 radical (unpaired) electrons. The predicted octanol–water partition coefficient (Wildman–Crippen LogP) is 4.02. The van der Waals surface area contributed by atoms with Crippen LogP contribution in [-0.4, -0.2) is 57.3 Å². The zero-order valence-electron chi connectivity index (χ0n) is 17.6. The van der Waals surface area contributed by atoms with Crippen molar-refractivity contribution in [3.63, 3.8) is 0 Å². The Morgan fingerprint density at radius 3 is 2.41 bits per heavy atom. The molecule has 0 saturated carbocycles. The first-order valence-electron chi connectivity index (χ1n) is 10.0. The number of aryl methyl sites for hydroxylation is 1. The Kier molecular flexibility index (Phi) is 10.4. The lowest BCUT2D eigenvalue weighted by atomic mass is 10.0. The van der Waals surface area contributed by atoms with Gasteiger partial charge in [-0.15, -0.1) is 24.0 Å². The van der Waals surface area contributed by atoms with Crippen LogP contribution in [0.1, 0.15) is 35.6 Å². The van der Waals surface area contributed by atoms with Crippen LogP contribution in [0.5, 0.6) is 0 Å². The average molecular weight is 529 g/mol. The number of benzene rings is 1. The molecule has 2 aromatic rings. The molecule has 1 aliphatic heterocycles. The van der Waals surface area contributed by atoms with Crippen LogP contribution in [0.25, 0.3) is 0 Å². The molecule has 0 bridgehead atoms. The Morgan fingerprint density at radius 2 is 1.79 bits per heavy atom. The summed E-state index contributed by atoms with van der Waals surface area (Å²) in [5.41, 5.74) is 4.00. The quantitative estimate of drug-likeness (QED) is 0.324. The maximum absolute atomic E-state index is 5.55. The summed E-state index contributed by atoms with van der Waals surface area (Å²) in [5, 5.41) is 11.4. The zero-order valence-corrected chi connectivity index (χ0v) is 20.7. The molecule has 1 aromatic heterocycles. The van der Waals surface area contributed by atoms with Gasteiger partial charge in [0.05, 0.1) is 19.3 Å². The van der Waals surface area contributed by atoms with Crippen LogP contribution in [0.4, 0.5) is 0 Å². The first kappa shape index (κ1) is 24.1. The third-order valence-electron chi connectivity index (χ3n) is 5.32. The van der Waals surface area contributed by atoms with Gasteiger partial charge in [-0.25, -0.2) is 0 Å². The third-order valence-corrected chi connectivity index (χ3v) is 6.02. The van der Waals surface area contributed by atoms with E-state index in [0.29, 0.717) is 12.0 Å². The van der Waals surface area contributed by atoms with Crippen LogP contribution in [0.3, 0.4) is 0 Å². The first-order valence-corrected chi connectivity index (χ1v) is 11.0. The molecule has 2 atom stereocenters. The van der Waals surface area contributed by atoms with Gasteiger partial charge in [0, 0.05) is 33.2 Å². The SMILES string of the molecule is CN=C(NCC(C)c1ccsc1)NCC(c1ccc(C)cc1)N1CCOCC1.I. The maximum atomic E-state index is 5.55. The molecular weight excluding hydrogens is 495 g/mol. The van der Waals surface area contributed by atoms with Crippen molar-refractivity contribution in [3.8, 4) is 0 Å². The van der Waals surface area contributed by atoms with Gasteiger partial charge in [0.2, 0.25) is 0 Å².